The van der Waals surface area contributed by atoms with E-state index < -0.39 is 0 Å². The molecule has 1 atom stereocenters. The van der Waals surface area contributed by atoms with Gasteiger partial charge in [0.25, 0.3) is 0 Å². The van der Waals surface area contributed by atoms with Crippen LogP contribution in [-0.2, 0) is 0 Å². The summed E-state index contributed by atoms with van der Waals surface area (Å²) in [6.07, 6.45) is 0. The van der Waals surface area contributed by atoms with Gasteiger partial charge in [0.2, 0.25) is 0 Å². The van der Waals surface area contributed by atoms with Crippen LogP contribution in [0.1, 0.15) is 25.5 Å². The highest BCUT2D eigenvalue weighted by Crippen LogP contribution is 2.28. The molecule has 0 aliphatic heterocycles. The zero-order valence-corrected chi connectivity index (χ0v) is 11.1. The first-order chi connectivity index (χ1) is 7.96. The molecule has 4 heteroatoms. The molecule has 1 aromatic carbocycles. The van der Waals surface area contributed by atoms with E-state index in [9.17, 15) is 4.39 Å². The predicted molar refractivity (Wildman–Crippen MR) is 67.9 cm³/mol. The van der Waals surface area contributed by atoms with Crippen molar-refractivity contribution in [3.63, 3.8) is 0 Å². The smallest absolute Gasteiger partial charge is 0.165 e. The zero-order valence-electron chi connectivity index (χ0n) is 11.1. The van der Waals surface area contributed by atoms with Gasteiger partial charge >= 0.3 is 0 Å². The molecule has 96 valence electrons. The highest BCUT2D eigenvalue weighted by Gasteiger charge is 2.28. The maximum atomic E-state index is 13.7. The van der Waals surface area contributed by atoms with Crippen LogP contribution in [0.4, 0.5) is 4.39 Å². The lowest BCUT2D eigenvalue weighted by Gasteiger charge is -2.34. The van der Waals surface area contributed by atoms with Crippen molar-refractivity contribution in [1.29, 1.82) is 0 Å². The fourth-order valence-corrected chi connectivity index (χ4v) is 1.95. The molecule has 1 unspecified atom stereocenters. The molecule has 1 aromatic rings. The molecule has 1 rings (SSSR count). The Kier molecular flexibility index (Phi) is 4.48. The molecule has 0 spiro atoms. The van der Waals surface area contributed by atoms with Crippen molar-refractivity contribution in [1.82, 2.24) is 10.6 Å². The fraction of sp³-hybridized carbons (Fsp3) is 0.538. The molecule has 17 heavy (non-hydrogen) atoms. The Labute approximate surface area is 102 Å². The van der Waals surface area contributed by atoms with Crippen LogP contribution in [0, 0.1) is 5.82 Å². The zero-order chi connectivity index (χ0) is 13.1. The van der Waals surface area contributed by atoms with Crippen LogP contribution in [-0.4, -0.2) is 26.7 Å². The van der Waals surface area contributed by atoms with Gasteiger partial charge in [-0.05, 0) is 45.6 Å². The summed E-state index contributed by atoms with van der Waals surface area (Å²) in [5.41, 5.74) is 0.723. The van der Waals surface area contributed by atoms with Gasteiger partial charge in [-0.3, -0.25) is 0 Å². The second kappa shape index (κ2) is 5.47. The molecule has 0 aliphatic carbocycles. The van der Waals surface area contributed by atoms with E-state index in [1.165, 1.54) is 13.2 Å². The van der Waals surface area contributed by atoms with Gasteiger partial charge in [-0.1, -0.05) is 6.07 Å². The van der Waals surface area contributed by atoms with Crippen LogP contribution < -0.4 is 15.4 Å². The summed E-state index contributed by atoms with van der Waals surface area (Å²) in [5.74, 6) is -0.0666. The summed E-state index contributed by atoms with van der Waals surface area (Å²) >= 11 is 0. The van der Waals surface area contributed by atoms with E-state index >= 15 is 0 Å². The van der Waals surface area contributed by atoms with Crippen LogP contribution in [0.5, 0.6) is 5.75 Å². The van der Waals surface area contributed by atoms with E-state index in [0.717, 1.165) is 5.56 Å². The number of halogens is 1. The maximum Gasteiger partial charge on any atom is 0.165 e. The summed E-state index contributed by atoms with van der Waals surface area (Å²) in [6, 6.07) is 5.06. The quantitative estimate of drug-likeness (QED) is 0.827. The Hall–Kier alpha value is -1.13. The van der Waals surface area contributed by atoms with Crippen molar-refractivity contribution in [2.45, 2.75) is 25.4 Å². The van der Waals surface area contributed by atoms with Crippen molar-refractivity contribution >= 4 is 0 Å². The largest absolute Gasteiger partial charge is 0.494 e. The molecule has 0 aliphatic rings. The average Bonchev–Trinajstić information content (AvgIpc) is 2.30. The molecule has 0 saturated heterocycles. The van der Waals surface area contributed by atoms with Gasteiger partial charge in [-0.15, -0.1) is 0 Å². The SMILES string of the molecule is CNC(c1ccc(OC)c(F)c1)C(C)(C)NC. The van der Waals surface area contributed by atoms with Crippen LogP contribution in [0.15, 0.2) is 18.2 Å². The summed E-state index contributed by atoms with van der Waals surface area (Å²) < 4.78 is 18.6. The highest BCUT2D eigenvalue weighted by atomic mass is 19.1. The van der Waals surface area contributed by atoms with E-state index in [1.807, 2.05) is 20.2 Å². The lowest BCUT2D eigenvalue weighted by Crippen LogP contribution is -2.47. The Morgan fingerprint density at radius 3 is 2.35 bits per heavy atom. The van der Waals surface area contributed by atoms with Gasteiger partial charge in [0, 0.05) is 11.6 Å². The van der Waals surface area contributed by atoms with Crippen molar-refractivity contribution in [2.75, 3.05) is 21.2 Å². The number of hydrogen-bond donors (Lipinski definition) is 2. The van der Waals surface area contributed by atoms with Crippen molar-refractivity contribution in [3.05, 3.63) is 29.6 Å². The van der Waals surface area contributed by atoms with Gasteiger partial charge < -0.3 is 15.4 Å². The predicted octanol–water partition coefficient (Wildman–Crippen LogP) is 2.09. The summed E-state index contributed by atoms with van der Waals surface area (Å²) in [7, 11) is 5.22. The topological polar surface area (TPSA) is 33.3 Å². The van der Waals surface area contributed by atoms with E-state index in [0.29, 0.717) is 0 Å². The molecule has 0 aromatic heterocycles. The van der Waals surface area contributed by atoms with Crippen molar-refractivity contribution in [3.8, 4) is 5.75 Å². The number of ether oxygens (including phenoxy) is 1. The van der Waals surface area contributed by atoms with Gasteiger partial charge in [0.05, 0.1) is 7.11 Å². The highest BCUT2D eigenvalue weighted by molar-refractivity contribution is 5.32. The van der Waals surface area contributed by atoms with Gasteiger partial charge in [-0.25, -0.2) is 4.39 Å². The second-order valence-electron chi connectivity index (χ2n) is 4.59. The molecule has 0 radical (unpaired) electrons. The van der Waals surface area contributed by atoms with Crippen LogP contribution >= 0.6 is 0 Å². The standard InChI is InChI=1S/C13H21FN2O/c1-13(2,16-4)12(15-3)9-6-7-11(17-5)10(14)8-9/h6-8,12,15-16H,1-5H3. The lowest BCUT2D eigenvalue weighted by atomic mass is 9.89. The first kappa shape index (κ1) is 13.9. The second-order valence-corrected chi connectivity index (χ2v) is 4.59. The van der Waals surface area contributed by atoms with Crippen LogP contribution in [0.3, 0.4) is 0 Å². The number of nitrogens with one attached hydrogen (secondary N) is 2. The number of likely N-dealkylation sites (N-methyl/N-ethyl adjacent to an activating group) is 2. The Morgan fingerprint density at radius 2 is 1.94 bits per heavy atom. The number of rotatable bonds is 5. The lowest BCUT2D eigenvalue weighted by molar-refractivity contribution is 0.309. The molecule has 0 fully saturated rings. The van der Waals surface area contributed by atoms with Crippen LogP contribution in [0.25, 0.3) is 0 Å². The minimum absolute atomic E-state index is 0.0212. The average molecular weight is 240 g/mol. The fourth-order valence-electron chi connectivity index (χ4n) is 1.95. The first-order valence-electron chi connectivity index (χ1n) is 5.66. The van der Waals surface area contributed by atoms with Gasteiger partial charge in [0.15, 0.2) is 11.6 Å². The third-order valence-corrected chi connectivity index (χ3v) is 3.16. The molecule has 2 N–H and O–H groups in total. The van der Waals surface area contributed by atoms with E-state index in [-0.39, 0.29) is 23.1 Å². The Morgan fingerprint density at radius 1 is 1.29 bits per heavy atom. The summed E-state index contributed by atoms with van der Waals surface area (Å²) in [4.78, 5) is 0. The summed E-state index contributed by atoms with van der Waals surface area (Å²) in [6.45, 7) is 4.13. The van der Waals surface area contributed by atoms with Gasteiger partial charge in [-0.2, -0.15) is 0 Å². The first-order valence-corrected chi connectivity index (χ1v) is 5.66. The van der Waals surface area contributed by atoms with Crippen molar-refractivity contribution in [2.24, 2.45) is 0 Å². The number of hydrogen-bond acceptors (Lipinski definition) is 3. The Balaban J connectivity index is 3.09. The minimum Gasteiger partial charge on any atom is -0.494 e. The number of methoxy groups -OCH3 is 1. The third kappa shape index (κ3) is 2.96. The normalized spacial score (nSPS) is 13.5. The molecular formula is C13H21FN2O. The maximum absolute atomic E-state index is 13.7. The molecule has 3 nitrogen and oxygen atoms in total. The third-order valence-electron chi connectivity index (χ3n) is 3.16. The van der Waals surface area contributed by atoms with E-state index in [1.54, 1.807) is 6.07 Å². The van der Waals surface area contributed by atoms with E-state index in [4.69, 9.17) is 4.74 Å². The van der Waals surface area contributed by atoms with Crippen molar-refractivity contribution < 1.29 is 9.13 Å². The number of benzene rings is 1. The molecule has 0 saturated carbocycles. The molecule has 0 heterocycles. The summed E-state index contributed by atoms with van der Waals surface area (Å²) in [5, 5.41) is 6.43. The Bertz CT molecular complexity index is 380. The van der Waals surface area contributed by atoms with Gasteiger partial charge in [0.1, 0.15) is 0 Å². The molecule has 0 bridgehead atoms. The molecule has 0 amide bonds. The van der Waals surface area contributed by atoms with E-state index in [2.05, 4.69) is 24.5 Å². The molecular weight excluding hydrogens is 219 g/mol. The monoisotopic (exact) mass is 240 g/mol. The van der Waals surface area contributed by atoms with Crippen LogP contribution in [0.2, 0.25) is 0 Å². The minimum atomic E-state index is -0.336.